The average molecular weight is 203 g/mol. The van der Waals surface area contributed by atoms with Gasteiger partial charge in [-0.1, -0.05) is 32.3 Å². The summed E-state index contributed by atoms with van der Waals surface area (Å²) in [4.78, 5) is 0. The predicted molar refractivity (Wildman–Crippen MR) is 66.0 cm³/mol. The Hall–Kier alpha value is -0.980. The van der Waals surface area contributed by atoms with Gasteiger partial charge in [0.05, 0.1) is 0 Å². The van der Waals surface area contributed by atoms with Crippen LogP contribution in [0.15, 0.2) is 18.2 Å². The Kier molecular flexibility index (Phi) is 2.99. The van der Waals surface area contributed by atoms with Crippen LogP contribution in [0.25, 0.3) is 0 Å². The number of nitrogens with two attached hydrogens (primary N) is 1. The maximum Gasteiger partial charge on any atom is 0.0317 e. The zero-order valence-corrected chi connectivity index (χ0v) is 9.79. The third-order valence-electron chi connectivity index (χ3n) is 3.81. The van der Waals surface area contributed by atoms with Gasteiger partial charge in [-0.25, -0.2) is 0 Å². The van der Waals surface area contributed by atoms with Crippen molar-refractivity contribution in [1.29, 1.82) is 0 Å². The van der Waals surface area contributed by atoms with Crippen LogP contribution in [0.2, 0.25) is 0 Å². The quantitative estimate of drug-likeness (QED) is 0.689. The maximum atomic E-state index is 5.88. The molecule has 1 nitrogen and oxygen atoms in total. The van der Waals surface area contributed by atoms with E-state index in [0.29, 0.717) is 0 Å². The van der Waals surface area contributed by atoms with Crippen LogP contribution in [0.3, 0.4) is 0 Å². The molecule has 1 aliphatic rings. The number of benzene rings is 1. The Morgan fingerprint density at radius 1 is 1.20 bits per heavy atom. The van der Waals surface area contributed by atoms with Crippen LogP contribution in [0.4, 0.5) is 5.69 Å². The van der Waals surface area contributed by atoms with Crippen molar-refractivity contribution < 1.29 is 0 Å². The first-order chi connectivity index (χ1) is 7.18. The first-order valence-electron chi connectivity index (χ1n) is 6.04. The van der Waals surface area contributed by atoms with Crippen LogP contribution in [-0.4, -0.2) is 0 Å². The lowest BCUT2D eigenvalue weighted by Crippen LogP contribution is -2.16. The zero-order valence-electron chi connectivity index (χ0n) is 9.79. The molecule has 82 valence electrons. The van der Waals surface area contributed by atoms with Gasteiger partial charge in [-0.3, -0.25) is 0 Å². The normalized spacial score (nSPS) is 26.5. The largest absolute Gasteiger partial charge is 0.399 e. The number of hydrogen-bond donors (Lipinski definition) is 1. The predicted octanol–water partition coefficient (Wildman–Crippen LogP) is 3.87. The Morgan fingerprint density at radius 3 is 2.67 bits per heavy atom. The fraction of sp³-hybridized carbons (Fsp3) is 0.571. The molecule has 2 N–H and O–H groups in total. The van der Waals surface area contributed by atoms with Crippen molar-refractivity contribution in [3.63, 3.8) is 0 Å². The van der Waals surface area contributed by atoms with Gasteiger partial charge in [0.1, 0.15) is 0 Å². The van der Waals surface area contributed by atoms with Crippen molar-refractivity contribution in [2.45, 2.75) is 45.4 Å². The van der Waals surface area contributed by atoms with Gasteiger partial charge in [0, 0.05) is 5.69 Å². The van der Waals surface area contributed by atoms with Crippen LogP contribution in [-0.2, 0) is 0 Å². The van der Waals surface area contributed by atoms with Crippen molar-refractivity contribution in [2.75, 3.05) is 5.73 Å². The van der Waals surface area contributed by atoms with Crippen LogP contribution in [0.1, 0.15) is 49.7 Å². The van der Waals surface area contributed by atoms with Gasteiger partial charge < -0.3 is 5.73 Å². The highest BCUT2D eigenvalue weighted by Gasteiger charge is 2.23. The Balaban J connectivity index is 2.30. The molecule has 0 saturated heterocycles. The molecule has 1 saturated carbocycles. The molecule has 0 radical (unpaired) electrons. The number of rotatable bonds is 1. The van der Waals surface area contributed by atoms with Crippen molar-refractivity contribution in [2.24, 2.45) is 5.92 Å². The first-order valence-corrected chi connectivity index (χ1v) is 6.04. The second kappa shape index (κ2) is 4.26. The van der Waals surface area contributed by atoms with E-state index in [1.54, 1.807) is 0 Å². The summed E-state index contributed by atoms with van der Waals surface area (Å²) in [5.41, 5.74) is 9.68. The van der Waals surface area contributed by atoms with Crippen LogP contribution >= 0.6 is 0 Å². The lowest BCUT2D eigenvalue weighted by Gasteiger charge is -2.30. The van der Waals surface area contributed by atoms with Crippen molar-refractivity contribution in [3.8, 4) is 0 Å². The minimum Gasteiger partial charge on any atom is -0.399 e. The second-order valence-electron chi connectivity index (χ2n) is 4.98. The molecule has 1 aliphatic carbocycles. The molecule has 0 bridgehead atoms. The number of nitrogen functional groups attached to an aromatic ring is 1. The Labute approximate surface area is 92.7 Å². The van der Waals surface area contributed by atoms with Gasteiger partial charge >= 0.3 is 0 Å². The Morgan fingerprint density at radius 2 is 1.93 bits per heavy atom. The molecule has 0 aliphatic heterocycles. The Bertz CT molecular complexity index is 343. The highest BCUT2D eigenvalue weighted by Crippen LogP contribution is 2.39. The van der Waals surface area contributed by atoms with E-state index in [-0.39, 0.29) is 0 Å². The standard InChI is InChI=1S/C14H21N/c1-10-5-3-4-6-13(10)14-9-12(15)8-7-11(14)2/h7-10,13H,3-6,15H2,1-2H3/t10-,13+/m1/s1. The average Bonchev–Trinajstić information content (AvgIpc) is 2.23. The summed E-state index contributed by atoms with van der Waals surface area (Å²) < 4.78 is 0. The van der Waals surface area contributed by atoms with E-state index in [2.05, 4.69) is 26.0 Å². The molecular weight excluding hydrogens is 182 g/mol. The maximum absolute atomic E-state index is 5.88. The van der Waals surface area contributed by atoms with E-state index < -0.39 is 0 Å². The minimum atomic E-state index is 0.738. The molecule has 2 atom stereocenters. The minimum absolute atomic E-state index is 0.738. The molecule has 0 unspecified atom stereocenters. The molecule has 15 heavy (non-hydrogen) atoms. The van der Waals surface area contributed by atoms with Gasteiger partial charge in [-0.2, -0.15) is 0 Å². The van der Waals surface area contributed by atoms with E-state index >= 15 is 0 Å². The molecule has 1 aromatic carbocycles. The third-order valence-corrected chi connectivity index (χ3v) is 3.81. The molecule has 0 aromatic heterocycles. The highest BCUT2D eigenvalue weighted by molar-refractivity contribution is 5.46. The fourth-order valence-electron chi connectivity index (χ4n) is 2.84. The van der Waals surface area contributed by atoms with Crippen LogP contribution in [0.5, 0.6) is 0 Å². The SMILES string of the molecule is Cc1ccc(N)cc1[C@H]1CCCC[C@H]1C. The fourth-order valence-corrected chi connectivity index (χ4v) is 2.84. The van der Waals surface area contributed by atoms with Crippen molar-refractivity contribution in [3.05, 3.63) is 29.3 Å². The molecule has 1 fully saturated rings. The van der Waals surface area contributed by atoms with Gasteiger partial charge in [0.25, 0.3) is 0 Å². The molecular formula is C14H21N. The second-order valence-corrected chi connectivity index (χ2v) is 4.98. The highest BCUT2D eigenvalue weighted by atomic mass is 14.5. The van der Waals surface area contributed by atoms with E-state index in [1.807, 2.05) is 6.07 Å². The molecule has 2 rings (SSSR count). The van der Waals surface area contributed by atoms with Crippen molar-refractivity contribution >= 4 is 5.69 Å². The molecule has 0 heterocycles. The lowest BCUT2D eigenvalue weighted by molar-refractivity contribution is 0.330. The molecule has 0 spiro atoms. The summed E-state index contributed by atoms with van der Waals surface area (Å²) in [6, 6.07) is 6.35. The van der Waals surface area contributed by atoms with E-state index in [9.17, 15) is 0 Å². The summed E-state index contributed by atoms with van der Waals surface area (Å²) in [5, 5.41) is 0. The van der Waals surface area contributed by atoms with E-state index in [4.69, 9.17) is 5.73 Å². The monoisotopic (exact) mass is 203 g/mol. The smallest absolute Gasteiger partial charge is 0.0317 e. The summed E-state index contributed by atoms with van der Waals surface area (Å²) >= 11 is 0. The van der Waals surface area contributed by atoms with E-state index in [1.165, 1.54) is 36.8 Å². The van der Waals surface area contributed by atoms with Crippen LogP contribution < -0.4 is 5.73 Å². The third kappa shape index (κ3) is 2.17. The number of anilines is 1. The van der Waals surface area contributed by atoms with Gasteiger partial charge in [0.15, 0.2) is 0 Å². The molecule has 1 aromatic rings. The number of hydrogen-bond acceptors (Lipinski definition) is 1. The first kappa shape index (κ1) is 10.5. The van der Waals surface area contributed by atoms with Gasteiger partial charge in [0.2, 0.25) is 0 Å². The van der Waals surface area contributed by atoms with Crippen molar-refractivity contribution in [1.82, 2.24) is 0 Å². The van der Waals surface area contributed by atoms with Crippen LogP contribution in [0, 0.1) is 12.8 Å². The lowest BCUT2D eigenvalue weighted by atomic mass is 9.75. The summed E-state index contributed by atoms with van der Waals surface area (Å²) in [6.07, 6.45) is 5.49. The molecule has 1 heteroatoms. The van der Waals surface area contributed by atoms with Gasteiger partial charge in [-0.05, 0) is 48.4 Å². The zero-order chi connectivity index (χ0) is 10.8. The summed E-state index contributed by atoms with van der Waals surface area (Å²) in [5.74, 6) is 1.56. The topological polar surface area (TPSA) is 26.0 Å². The number of aryl methyl sites for hydroxylation is 1. The summed E-state index contributed by atoms with van der Waals surface area (Å²) in [7, 11) is 0. The summed E-state index contributed by atoms with van der Waals surface area (Å²) in [6.45, 7) is 4.59. The van der Waals surface area contributed by atoms with Gasteiger partial charge in [-0.15, -0.1) is 0 Å². The molecule has 0 amide bonds. The van der Waals surface area contributed by atoms with E-state index in [0.717, 1.165) is 17.5 Å².